The molecule has 0 amide bonds. The third kappa shape index (κ3) is 3.59. The highest BCUT2D eigenvalue weighted by Gasteiger charge is 2.27. The summed E-state index contributed by atoms with van der Waals surface area (Å²) >= 11 is 0.793. The van der Waals surface area contributed by atoms with Crippen LogP contribution >= 0.6 is 11.3 Å². The van der Waals surface area contributed by atoms with E-state index >= 15 is 0 Å². The summed E-state index contributed by atoms with van der Waals surface area (Å²) in [4.78, 5) is 10.9. The van der Waals surface area contributed by atoms with Crippen LogP contribution in [0.5, 0.6) is 0 Å². The van der Waals surface area contributed by atoms with Crippen molar-refractivity contribution in [2.24, 2.45) is 5.92 Å². The topological polar surface area (TPSA) is 83.5 Å². The highest BCUT2D eigenvalue weighted by Crippen LogP contribution is 2.28. The Bertz CT molecular complexity index is 579. The van der Waals surface area contributed by atoms with Crippen LogP contribution in [-0.4, -0.2) is 25.5 Å². The summed E-state index contributed by atoms with van der Waals surface area (Å²) in [6.45, 7) is 2.12. The fourth-order valence-corrected chi connectivity index (χ4v) is 5.07. The van der Waals surface area contributed by atoms with Crippen molar-refractivity contribution in [3.63, 3.8) is 0 Å². The highest BCUT2D eigenvalue weighted by molar-refractivity contribution is 7.91. The quantitative estimate of drug-likeness (QED) is 0.874. The van der Waals surface area contributed by atoms with E-state index in [0.29, 0.717) is 5.92 Å². The van der Waals surface area contributed by atoms with E-state index < -0.39 is 16.0 Å². The van der Waals surface area contributed by atoms with Gasteiger partial charge < -0.3 is 5.11 Å². The van der Waals surface area contributed by atoms with Crippen LogP contribution in [0.15, 0.2) is 16.3 Å². The monoisotopic (exact) mass is 317 g/mol. The Morgan fingerprint density at radius 1 is 1.45 bits per heavy atom. The molecule has 1 aromatic rings. The smallest absolute Gasteiger partial charge is 0.345 e. The lowest BCUT2D eigenvalue weighted by Gasteiger charge is -2.28. The van der Waals surface area contributed by atoms with Crippen molar-refractivity contribution in [3.05, 3.63) is 17.0 Å². The zero-order valence-corrected chi connectivity index (χ0v) is 13.0. The van der Waals surface area contributed by atoms with Gasteiger partial charge in [-0.25, -0.2) is 17.9 Å². The van der Waals surface area contributed by atoms with Gasteiger partial charge in [0.2, 0.25) is 10.0 Å². The van der Waals surface area contributed by atoms with Crippen molar-refractivity contribution < 1.29 is 18.3 Å². The van der Waals surface area contributed by atoms with E-state index in [1.54, 1.807) is 0 Å². The van der Waals surface area contributed by atoms with E-state index in [-0.39, 0.29) is 15.1 Å². The molecule has 1 fully saturated rings. The third-order valence-corrected chi connectivity index (χ3v) is 6.82. The average Bonchev–Trinajstić information content (AvgIpc) is 2.89. The maximum Gasteiger partial charge on any atom is 0.345 e. The normalized spacial score (nSPS) is 23.6. The number of carbonyl (C=O) groups is 1. The van der Waals surface area contributed by atoms with Gasteiger partial charge in [0, 0.05) is 6.04 Å². The molecule has 5 nitrogen and oxygen atoms in total. The van der Waals surface area contributed by atoms with Gasteiger partial charge in [-0.05, 0) is 30.9 Å². The average molecular weight is 317 g/mol. The number of aromatic carboxylic acids is 1. The predicted molar refractivity (Wildman–Crippen MR) is 77.6 cm³/mol. The Morgan fingerprint density at radius 3 is 2.80 bits per heavy atom. The van der Waals surface area contributed by atoms with Crippen LogP contribution in [0, 0.1) is 5.92 Å². The molecule has 2 unspecified atom stereocenters. The van der Waals surface area contributed by atoms with Gasteiger partial charge in [0.1, 0.15) is 9.09 Å². The van der Waals surface area contributed by atoms with Gasteiger partial charge in [-0.15, -0.1) is 11.3 Å². The minimum absolute atomic E-state index is 0.0333. The number of carboxylic acids is 1. The molecule has 0 aromatic carbocycles. The summed E-state index contributed by atoms with van der Waals surface area (Å²) in [5, 5.41) is 8.85. The van der Waals surface area contributed by atoms with E-state index in [1.165, 1.54) is 12.1 Å². The van der Waals surface area contributed by atoms with Crippen LogP contribution in [0.4, 0.5) is 0 Å². The number of carboxylic acid groups (broad SMARTS) is 1. The van der Waals surface area contributed by atoms with Crippen LogP contribution < -0.4 is 4.72 Å². The van der Waals surface area contributed by atoms with Crippen molar-refractivity contribution in [1.29, 1.82) is 0 Å². The molecule has 112 valence electrons. The number of thiophene rings is 1. The lowest BCUT2D eigenvalue weighted by molar-refractivity contribution is 0.0702. The molecular formula is C13H19NO4S2. The summed E-state index contributed by atoms with van der Waals surface area (Å²) in [7, 11) is -3.60. The van der Waals surface area contributed by atoms with Gasteiger partial charge in [0.25, 0.3) is 0 Å². The number of nitrogens with one attached hydrogen (secondary N) is 1. The van der Waals surface area contributed by atoms with E-state index in [9.17, 15) is 13.2 Å². The lowest BCUT2D eigenvalue weighted by atomic mass is 9.85. The highest BCUT2D eigenvalue weighted by atomic mass is 32.2. The Kier molecular flexibility index (Phi) is 4.82. The molecule has 0 saturated heterocycles. The maximum absolute atomic E-state index is 12.2. The standard InChI is InChI=1S/C13H19NO4S2/c1-2-9-4-3-5-10(8-9)14-20(17,18)12-7-6-11(19-12)13(15)16/h6-7,9-10,14H,2-5,8H2,1H3,(H,15,16). The molecule has 0 bridgehead atoms. The Labute approximate surface area is 123 Å². The molecule has 1 aromatic heterocycles. The molecular weight excluding hydrogens is 298 g/mol. The van der Waals surface area contributed by atoms with Crippen molar-refractivity contribution in [2.75, 3.05) is 0 Å². The zero-order valence-electron chi connectivity index (χ0n) is 11.3. The molecule has 1 aliphatic carbocycles. The first-order chi connectivity index (χ1) is 9.42. The molecule has 0 spiro atoms. The van der Waals surface area contributed by atoms with Gasteiger partial charge in [-0.1, -0.05) is 26.2 Å². The van der Waals surface area contributed by atoms with E-state index in [2.05, 4.69) is 11.6 Å². The third-order valence-electron chi connectivity index (χ3n) is 3.74. The molecule has 0 radical (unpaired) electrons. The molecule has 1 heterocycles. The van der Waals surface area contributed by atoms with Gasteiger partial charge in [0.05, 0.1) is 0 Å². The summed E-state index contributed by atoms with van der Waals surface area (Å²) in [5.74, 6) is -0.519. The Morgan fingerprint density at radius 2 is 2.20 bits per heavy atom. The van der Waals surface area contributed by atoms with Crippen molar-refractivity contribution in [1.82, 2.24) is 4.72 Å². The number of hydrogen-bond acceptors (Lipinski definition) is 4. The van der Waals surface area contributed by atoms with Crippen LogP contribution in [-0.2, 0) is 10.0 Å². The summed E-state index contributed by atoms with van der Waals surface area (Å²) in [6, 6.07) is 2.66. The Hall–Kier alpha value is -0.920. The fourth-order valence-electron chi connectivity index (χ4n) is 2.63. The first-order valence-corrected chi connectivity index (χ1v) is 9.07. The molecule has 0 aliphatic heterocycles. The second kappa shape index (κ2) is 6.24. The van der Waals surface area contributed by atoms with Gasteiger partial charge in [-0.2, -0.15) is 0 Å². The van der Waals surface area contributed by atoms with Crippen molar-refractivity contribution in [2.45, 2.75) is 49.3 Å². The largest absolute Gasteiger partial charge is 0.477 e. The summed E-state index contributed by atoms with van der Waals surface area (Å²) in [6.07, 6.45) is 4.99. The molecule has 2 atom stereocenters. The number of rotatable bonds is 5. The molecule has 1 saturated carbocycles. The van der Waals surface area contributed by atoms with E-state index in [0.717, 1.165) is 43.4 Å². The SMILES string of the molecule is CCC1CCCC(NS(=O)(=O)c2ccc(C(=O)O)s2)C1. The molecule has 2 N–H and O–H groups in total. The minimum atomic E-state index is -3.60. The van der Waals surface area contributed by atoms with Crippen molar-refractivity contribution >= 4 is 27.3 Å². The lowest BCUT2D eigenvalue weighted by Crippen LogP contribution is -2.38. The first-order valence-electron chi connectivity index (χ1n) is 6.78. The predicted octanol–water partition coefficient (Wildman–Crippen LogP) is 2.69. The van der Waals surface area contributed by atoms with Crippen molar-refractivity contribution in [3.8, 4) is 0 Å². The molecule has 20 heavy (non-hydrogen) atoms. The molecule has 2 rings (SSSR count). The zero-order chi connectivity index (χ0) is 14.8. The van der Waals surface area contributed by atoms with Gasteiger partial charge in [0.15, 0.2) is 0 Å². The van der Waals surface area contributed by atoms with Crippen LogP contribution in [0.2, 0.25) is 0 Å². The molecule has 7 heteroatoms. The van der Waals surface area contributed by atoms with Gasteiger partial charge >= 0.3 is 5.97 Å². The second-order valence-corrected chi connectivity index (χ2v) is 8.21. The fraction of sp³-hybridized carbons (Fsp3) is 0.615. The summed E-state index contributed by atoms with van der Waals surface area (Å²) in [5.41, 5.74) is 0. The number of hydrogen-bond donors (Lipinski definition) is 2. The minimum Gasteiger partial charge on any atom is -0.477 e. The van der Waals surface area contributed by atoms with Crippen LogP contribution in [0.25, 0.3) is 0 Å². The van der Waals surface area contributed by atoms with E-state index in [4.69, 9.17) is 5.11 Å². The maximum atomic E-state index is 12.2. The summed E-state index contributed by atoms with van der Waals surface area (Å²) < 4.78 is 27.3. The number of sulfonamides is 1. The van der Waals surface area contributed by atoms with E-state index in [1.807, 2.05) is 0 Å². The van der Waals surface area contributed by atoms with Gasteiger partial charge in [-0.3, -0.25) is 0 Å². The second-order valence-electron chi connectivity index (χ2n) is 5.18. The van der Waals surface area contributed by atoms with Crippen LogP contribution in [0.3, 0.4) is 0 Å². The first kappa shape index (κ1) is 15.5. The van der Waals surface area contributed by atoms with Crippen LogP contribution in [0.1, 0.15) is 48.7 Å². The Balaban J connectivity index is 2.08. The molecule has 1 aliphatic rings.